The number of amides is 1. The molecule has 1 saturated heterocycles. The van der Waals surface area contributed by atoms with Crippen molar-refractivity contribution in [1.29, 1.82) is 0 Å². The lowest BCUT2D eigenvalue weighted by atomic mass is 10.00. The smallest absolute Gasteiger partial charge is 0.226 e. The molecule has 1 heterocycles. The van der Waals surface area contributed by atoms with Crippen molar-refractivity contribution in [1.82, 2.24) is 4.90 Å². The van der Waals surface area contributed by atoms with Gasteiger partial charge in [0.15, 0.2) is 0 Å². The minimum absolute atomic E-state index is 0.00881. The average Bonchev–Trinajstić information content (AvgIpc) is 2.31. The molecule has 16 heavy (non-hydrogen) atoms. The van der Waals surface area contributed by atoms with E-state index in [0.29, 0.717) is 19.7 Å². The van der Waals surface area contributed by atoms with Crippen molar-refractivity contribution >= 4 is 5.91 Å². The topological polar surface area (TPSA) is 55.6 Å². The van der Waals surface area contributed by atoms with E-state index in [1.54, 1.807) is 0 Å². The molecule has 0 aromatic carbocycles. The molecule has 2 atom stereocenters. The van der Waals surface area contributed by atoms with Crippen LogP contribution < -0.4 is 5.73 Å². The molecule has 1 rings (SSSR count). The molecule has 0 aliphatic carbocycles. The summed E-state index contributed by atoms with van der Waals surface area (Å²) in [4.78, 5) is 14.2. The molecule has 2 unspecified atom stereocenters. The number of morpholine rings is 1. The lowest BCUT2D eigenvalue weighted by Crippen LogP contribution is -2.54. The van der Waals surface area contributed by atoms with Gasteiger partial charge in [-0.15, -0.1) is 0 Å². The van der Waals surface area contributed by atoms with Gasteiger partial charge in [-0.1, -0.05) is 13.8 Å². The number of nitrogens with two attached hydrogens (primary N) is 1. The van der Waals surface area contributed by atoms with Crippen molar-refractivity contribution in [3.05, 3.63) is 0 Å². The van der Waals surface area contributed by atoms with Gasteiger partial charge in [0.2, 0.25) is 5.91 Å². The van der Waals surface area contributed by atoms with Crippen LogP contribution in [0, 0.1) is 5.92 Å². The van der Waals surface area contributed by atoms with E-state index in [2.05, 4.69) is 13.8 Å². The van der Waals surface area contributed by atoms with E-state index in [4.69, 9.17) is 10.5 Å². The van der Waals surface area contributed by atoms with Gasteiger partial charge in [0.05, 0.1) is 18.8 Å². The summed E-state index contributed by atoms with van der Waals surface area (Å²) in [7, 11) is 0. The van der Waals surface area contributed by atoms with E-state index in [1.807, 2.05) is 11.8 Å². The quantitative estimate of drug-likeness (QED) is 0.781. The van der Waals surface area contributed by atoms with Gasteiger partial charge in [-0.25, -0.2) is 0 Å². The first kappa shape index (κ1) is 13.5. The SMILES string of the molecule is CCC(CC)C(=O)N1CC(CN)OCC1C. The zero-order chi connectivity index (χ0) is 12.1. The van der Waals surface area contributed by atoms with Crippen LogP contribution in [-0.4, -0.2) is 42.6 Å². The molecule has 0 aromatic rings. The standard InChI is InChI=1S/C12H24N2O2/c1-4-10(5-2)12(15)14-7-11(6-13)16-8-9(14)3/h9-11H,4-8,13H2,1-3H3. The molecule has 2 N–H and O–H groups in total. The largest absolute Gasteiger partial charge is 0.373 e. The number of rotatable bonds is 4. The van der Waals surface area contributed by atoms with Crippen LogP contribution in [0.15, 0.2) is 0 Å². The predicted octanol–water partition coefficient (Wildman–Crippen LogP) is 0.997. The van der Waals surface area contributed by atoms with Crippen molar-refractivity contribution in [3.8, 4) is 0 Å². The third-order valence-corrected chi connectivity index (χ3v) is 3.39. The Morgan fingerprint density at radius 1 is 1.50 bits per heavy atom. The summed E-state index contributed by atoms with van der Waals surface area (Å²) in [5.41, 5.74) is 5.59. The summed E-state index contributed by atoms with van der Waals surface area (Å²) in [6.07, 6.45) is 1.83. The van der Waals surface area contributed by atoms with Gasteiger partial charge in [0.25, 0.3) is 0 Å². The van der Waals surface area contributed by atoms with Gasteiger partial charge in [0.1, 0.15) is 0 Å². The summed E-state index contributed by atoms with van der Waals surface area (Å²) in [5.74, 6) is 0.415. The summed E-state index contributed by atoms with van der Waals surface area (Å²) in [6.45, 7) is 7.91. The summed E-state index contributed by atoms with van der Waals surface area (Å²) in [6, 6.07) is 0.177. The molecule has 1 fully saturated rings. The minimum Gasteiger partial charge on any atom is -0.373 e. The molecule has 1 aliphatic rings. The van der Waals surface area contributed by atoms with Crippen LogP contribution in [0.25, 0.3) is 0 Å². The highest BCUT2D eigenvalue weighted by Gasteiger charge is 2.31. The van der Waals surface area contributed by atoms with Gasteiger partial charge in [-0.2, -0.15) is 0 Å². The maximum Gasteiger partial charge on any atom is 0.226 e. The average molecular weight is 228 g/mol. The van der Waals surface area contributed by atoms with Crippen molar-refractivity contribution in [3.63, 3.8) is 0 Å². The fourth-order valence-corrected chi connectivity index (χ4v) is 2.14. The van der Waals surface area contributed by atoms with Gasteiger partial charge in [0, 0.05) is 19.0 Å². The van der Waals surface area contributed by atoms with E-state index < -0.39 is 0 Å². The fraction of sp³-hybridized carbons (Fsp3) is 0.917. The Balaban J connectivity index is 2.64. The number of carbonyl (C=O) groups excluding carboxylic acids is 1. The first-order valence-corrected chi connectivity index (χ1v) is 6.26. The van der Waals surface area contributed by atoms with Crippen molar-refractivity contribution in [2.75, 3.05) is 19.7 Å². The van der Waals surface area contributed by atoms with Crippen LogP contribution in [0.5, 0.6) is 0 Å². The molecule has 0 aromatic heterocycles. The highest BCUT2D eigenvalue weighted by atomic mass is 16.5. The van der Waals surface area contributed by atoms with Crippen LogP contribution in [0.2, 0.25) is 0 Å². The summed E-state index contributed by atoms with van der Waals surface area (Å²) >= 11 is 0. The van der Waals surface area contributed by atoms with Gasteiger partial charge in [-0.3, -0.25) is 4.79 Å². The summed E-state index contributed by atoms with van der Waals surface area (Å²) < 4.78 is 5.55. The third-order valence-electron chi connectivity index (χ3n) is 3.39. The maximum absolute atomic E-state index is 12.3. The first-order chi connectivity index (χ1) is 7.63. The second-order valence-corrected chi connectivity index (χ2v) is 4.54. The Morgan fingerprint density at radius 3 is 2.62 bits per heavy atom. The lowest BCUT2D eigenvalue weighted by molar-refractivity contribution is -0.148. The van der Waals surface area contributed by atoms with Gasteiger partial charge >= 0.3 is 0 Å². The lowest BCUT2D eigenvalue weighted by Gasteiger charge is -2.39. The molecule has 0 saturated carbocycles. The van der Waals surface area contributed by atoms with Gasteiger partial charge in [-0.05, 0) is 19.8 Å². The number of nitrogens with zero attached hydrogens (tertiary/aromatic N) is 1. The molecule has 1 aliphatic heterocycles. The van der Waals surface area contributed by atoms with E-state index in [-0.39, 0.29) is 24.0 Å². The second kappa shape index (κ2) is 6.21. The van der Waals surface area contributed by atoms with E-state index >= 15 is 0 Å². The van der Waals surface area contributed by atoms with Crippen molar-refractivity contribution in [2.45, 2.75) is 45.8 Å². The number of hydrogen-bond acceptors (Lipinski definition) is 3. The molecular weight excluding hydrogens is 204 g/mol. The zero-order valence-electron chi connectivity index (χ0n) is 10.6. The number of carbonyl (C=O) groups is 1. The normalized spacial score (nSPS) is 26.2. The second-order valence-electron chi connectivity index (χ2n) is 4.54. The summed E-state index contributed by atoms with van der Waals surface area (Å²) in [5, 5.41) is 0. The van der Waals surface area contributed by atoms with Gasteiger partial charge < -0.3 is 15.4 Å². The zero-order valence-corrected chi connectivity index (χ0v) is 10.6. The molecule has 1 amide bonds. The fourth-order valence-electron chi connectivity index (χ4n) is 2.14. The molecule has 94 valence electrons. The van der Waals surface area contributed by atoms with E-state index in [0.717, 1.165) is 12.8 Å². The van der Waals surface area contributed by atoms with E-state index in [1.165, 1.54) is 0 Å². The maximum atomic E-state index is 12.3. The highest BCUT2D eigenvalue weighted by molar-refractivity contribution is 5.79. The first-order valence-electron chi connectivity index (χ1n) is 6.26. The Bertz CT molecular complexity index is 229. The van der Waals surface area contributed by atoms with Crippen LogP contribution in [-0.2, 0) is 9.53 Å². The predicted molar refractivity (Wildman–Crippen MR) is 64.0 cm³/mol. The van der Waals surface area contributed by atoms with Crippen molar-refractivity contribution < 1.29 is 9.53 Å². The third kappa shape index (κ3) is 2.95. The monoisotopic (exact) mass is 228 g/mol. The Kier molecular flexibility index (Phi) is 5.22. The minimum atomic E-state index is 0.00881. The Hall–Kier alpha value is -0.610. The number of hydrogen-bond donors (Lipinski definition) is 1. The van der Waals surface area contributed by atoms with E-state index in [9.17, 15) is 4.79 Å². The van der Waals surface area contributed by atoms with Crippen LogP contribution in [0.1, 0.15) is 33.6 Å². The van der Waals surface area contributed by atoms with Crippen LogP contribution in [0.4, 0.5) is 0 Å². The van der Waals surface area contributed by atoms with Crippen LogP contribution in [0.3, 0.4) is 0 Å². The van der Waals surface area contributed by atoms with Crippen LogP contribution >= 0.6 is 0 Å². The highest BCUT2D eigenvalue weighted by Crippen LogP contribution is 2.18. The Labute approximate surface area is 98.1 Å². The molecule has 4 heteroatoms. The molecule has 0 spiro atoms. The molecule has 0 bridgehead atoms. The molecule has 0 radical (unpaired) electrons. The molecular formula is C12H24N2O2. The molecule has 4 nitrogen and oxygen atoms in total. The Morgan fingerprint density at radius 2 is 2.12 bits per heavy atom. The number of ether oxygens (including phenoxy) is 1. The van der Waals surface area contributed by atoms with Crippen molar-refractivity contribution in [2.24, 2.45) is 11.7 Å².